The fraction of sp³-hybridized carbons (Fsp3) is 0.294. The molecule has 0 spiro atoms. The zero-order chi connectivity index (χ0) is 14.1. The van der Waals surface area contributed by atoms with Gasteiger partial charge in [0, 0.05) is 11.1 Å². The molecule has 1 aliphatic rings. The molecule has 3 rings (SSSR count). The maximum Gasteiger partial charge on any atom is 0.147 e. The molecule has 0 aliphatic heterocycles. The lowest BCUT2D eigenvalue weighted by Crippen LogP contribution is -2.34. The maximum atomic E-state index is 13.7. The molecule has 3 heteroatoms. The van der Waals surface area contributed by atoms with Gasteiger partial charge in [0.25, 0.3) is 0 Å². The van der Waals surface area contributed by atoms with Crippen molar-refractivity contribution >= 4 is 17.3 Å². The first-order valence-corrected chi connectivity index (χ1v) is 7.28. The summed E-state index contributed by atoms with van der Waals surface area (Å²) >= 11 is 5.75. The van der Waals surface area contributed by atoms with Crippen LogP contribution in [0.3, 0.4) is 0 Å². The predicted octanol–water partition coefficient (Wildman–Crippen LogP) is 5.15. The summed E-state index contributed by atoms with van der Waals surface area (Å²) in [5, 5.41) is 3.69. The number of hydrogen-bond acceptors (Lipinski definition) is 1. The van der Waals surface area contributed by atoms with Crippen molar-refractivity contribution in [2.45, 2.75) is 31.7 Å². The molecule has 1 fully saturated rings. The lowest BCUT2D eigenvalue weighted by Gasteiger charge is -2.37. The zero-order valence-corrected chi connectivity index (χ0v) is 12.1. The van der Waals surface area contributed by atoms with Crippen molar-refractivity contribution in [3.8, 4) is 0 Å². The second-order valence-corrected chi connectivity index (χ2v) is 5.93. The van der Waals surface area contributed by atoms with E-state index in [-0.39, 0.29) is 5.82 Å². The van der Waals surface area contributed by atoms with Gasteiger partial charge in [0.15, 0.2) is 0 Å². The summed E-state index contributed by atoms with van der Waals surface area (Å²) in [6.45, 7) is 2.15. The third-order valence-electron chi connectivity index (χ3n) is 4.06. The number of rotatable bonds is 3. The molecule has 1 N–H and O–H groups in total. The Balaban J connectivity index is 1.62. The highest BCUT2D eigenvalue weighted by Crippen LogP contribution is 2.40. The van der Waals surface area contributed by atoms with Crippen molar-refractivity contribution in [2.24, 2.45) is 0 Å². The number of nitrogens with one attached hydrogen (secondary N) is 1. The minimum atomic E-state index is -0.281. The SMILES string of the molecule is Cc1ccccc1C1CC(Nc2ccc(Cl)cc2F)C1. The Morgan fingerprint density at radius 1 is 1.15 bits per heavy atom. The highest BCUT2D eigenvalue weighted by Gasteiger charge is 2.31. The van der Waals surface area contributed by atoms with Gasteiger partial charge in [0.1, 0.15) is 5.82 Å². The average Bonchev–Trinajstić information content (AvgIpc) is 2.37. The molecule has 104 valence electrons. The second kappa shape index (κ2) is 5.45. The fourth-order valence-corrected chi connectivity index (χ4v) is 3.02. The Hall–Kier alpha value is -1.54. The second-order valence-electron chi connectivity index (χ2n) is 5.49. The van der Waals surface area contributed by atoms with Crippen molar-refractivity contribution < 1.29 is 4.39 Å². The Morgan fingerprint density at radius 2 is 1.90 bits per heavy atom. The van der Waals surface area contributed by atoms with Crippen molar-refractivity contribution in [2.75, 3.05) is 5.32 Å². The standard InChI is InChI=1S/C17H17ClFN/c1-11-4-2-3-5-15(11)12-8-14(9-12)20-17-7-6-13(18)10-16(17)19/h2-7,10,12,14,20H,8-9H2,1H3. The number of benzene rings is 2. The summed E-state index contributed by atoms with van der Waals surface area (Å²) < 4.78 is 13.7. The summed E-state index contributed by atoms with van der Waals surface area (Å²) in [5.41, 5.74) is 3.30. The first-order chi connectivity index (χ1) is 9.63. The van der Waals surface area contributed by atoms with Gasteiger partial charge in [0.05, 0.1) is 5.69 Å². The maximum absolute atomic E-state index is 13.7. The lowest BCUT2D eigenvalue weighted by molar-refractivity contribution is 0.372. The van der Waals surface area contributed by atoms with Crippen LogP contribution in [-0.4, -0.2) is 6.04 Å². The molecule has 0 bridgehead atoms. The van der Waals surface area contributed by atoms with Gasteiger partial charge in [-0.15, -0.1) is 0 Å². The molecule has 0 unspecified atom stereocenters. The average molecular weight is 290 g/mol. The van der Waals surface area contributed by atoms with E-state index in [1.165, 1.54) is 17.2 Å². The first kappa shape index (κ1) is 13.4. The number of aryl methyl sites for hydroxylation is 1. The van der Waals surface area contributed by atoms with E-state index in [0.717, 1.165) is 12.8 Å². The van der Waals surface area contributed by atoms with E-state index in [1.54, 1.807) is 12.1 Å². The molecule has 0 saturated heterocycles. The van der Waals surface area contributed by atoms with Crippen LogP contribution in [-0.2, 0) is 0 Å². The van der Waals surface area contributed by atoms with Crippen LogP contribution in [0.4, 0.5) is 10.1 Å². The van der Waals surface area contributed by atoms with Crippen LogP contribution in [0.1, 0.15) is 29.9 Å². The quantitative estimate of drug-likeness (QED) is 0.824. The third kappa shape index (κ3) is 2.66. The molecule has 0 atom stereocenters. The number of anilines is 1. The molecule has 20 heavy (non-hydrogen) atoms. The highest BCUT2D eigenvalue weighted by atomic mass is 35.5. The van der Waals surface area contributed by atoms with Crippen LogP contribution >= 0.6 is 11.6 Å². The highest BCUT2D eigenvalue weighted by molar-refractivity contribution is 6.30. The largest absolute Gasteiger partial charge is 0.380 e. The zero-order valence-electron chi connectivity index (χ0n) is 11.4. The monoisotopic (exact) mass is 289 g/mol. The number of hydrogen-bond donors (Lipinski definition) is 1. The molecule has 1 saturated carbocycles. The Labute approximate surface area is 123 Å². The van der Waals surface area contributed by atoms with E-state index in [0.29, 0.717) is 22.7 Å². The van der Waals surface area contributed by atoms with Crippen molar-refractivity contribution in [3.63, 3.8) is 0 Å². The minimum Gasteiger partial charge on any atom is -0.380 e. The summed E-state index contributed by atoms with van der Waals surface area (Å²) in [6, 6.07) is 13.6. The Bertz CT molecular complexity index is 620. The predicted molar refractivity (Wildman–Crippen MR) is 82.0 cm³/mol. The van der Waals surface area contributed by atoms with E-state index in [4.69, 9.17) is 11.6 Å². The van der Waals surface area contributed by atoms with Crippen LogP contribution in [0.2, 0.25) is 5.02 Å². The summed E-state index contributed by atoms with van der Waals surface area (Å²) in [4.78, 5) is 0. The molecular formula is C17H17ClFN. The Morgan fingerprint density at radius 3 is 2.60 bits per heavy atom. The van der Waals surface area contributed by atoms with E-state index in [9.17, 15) is 4.39 Å². The fourth-order valence-electron chi connectivity index (χ4n) is 2.86. The van der Waals surface area contributed by atoms with Gasteiger partial charge in [-0.3, -0.25) is 0 Å². The van der Waals surface area contributed by atoms with Gasteiger partial charge >= 0.3 is 0 Å². The van der Waals surface area contributed by atoms with Gasteiger partial charge in [-0.25, -0.2) is 4.39 Å². The van der Waals surface area contributed by atoms with Crippen molar-refractivity contribution in [1.82, 2.24) is 0 Å². The van der Waals surface area contributed by atoms with Gasteiger partial charge in [0.2, 0.25) is 0 Å². The summed E-state index contributed by atoms with van der Waals surface area (Å²) in [7, 11) is 0. The van der Waals surface area contributed by atoms with Crippen LogP contribution < -0.4 is 5.32 Å². The van der Waals surface area contributed by atoms with Gasteiger partial charge < -0.3 is 5.32 Å². The van der Waals surface area contributed by atoms with E-state index in [1.807, 2.05) is 0 Å². The summed E-state index contributed by atoms with van der Waals surface area (Å²) in [5.74, 6) is 0.306. The van der Waals surface area contributed by atoms with E-state index < -0.39 is 0 Å². The molecule has 0 radical (unpaired) electrons. The van der Waals surface area contributed by atoms with E-state index >= 15 is 0 Å². The first-order valence-electron chi connectivity index (χ1n) is 6.90. The topological polar surface area (TPSA) is 12.0 Å². The molecule has 0 amide bonds. The summed E-state index contributed by atoms with van der Waals surface area (Å²) in [6.07, 6.45) is 2.10. The molecule has 1 nitrogen and oxygen atoms in total. The van der Waals surface area contributed by atoms with Crippen LogP contribution in [0.25, 0.3) is 0 Å². The molecule has 2 aromatic carbocycles. The van der Waals surface area contributed by atoms with E-state index in [2.05, 4.69) is 36.5 Å². The van der Waals surface area contributed by atoms with Crippen LogP contribution in [0.5, 0.6) is 0 Å². The molecular weight excluding hydrogens is 273 g/mol. The molecule has 0 aromatic heterocycles. The van der Waals surface area contributed by atoms with Crippen LogP contribution in [0.15, 0.2) is 42.5 Å². The lowest BCUT2D eigenvalue weighted by atomic mass is 9.74. The molecule has 1 aliphatic carbocycles. The minimum absolute atomic E-state index is 0.281. The van der Waals surface area contributed by atoms with Crippen molar-refractivity contribution in [1.29, 1.82) is 0 Å². The van der Waals surface area contributed by atoms with Gasteiger partial charge in [-0.1, -0.05) is 35.9 Å². The van der Waals surface area contributed by atoms with Gasteiger partial charge in [-0.05, 0) is 55.0 Å². The van der Waals surface area contributed by atoms with Crippen LogP contribution in [0, 0.1) is 12.7 Å². The molecule has 2 aromatic rings. The number of halogens is 2. The third-order valence-corrected chi connectivity index (χ3v) is 4.29. The van der Waals surface area contributed by atoms with Gasteiger partial charge in [-0.2, -0.15) is 0 Å². The Kier molecular flexibility index (Phi) is 3.66. The normalized spacial score (nSPS) is 21.4. The van der Waals surface area contributed by atoms with Crippen molar-refractivity contribution in [3.05, 3.63) is 64.4 Å². The smallest absolute Gasteiger partial charge is 0.147 e. The molecule has 0 heterocycles.